The zero-order chi connectivity index (χ0) is 13.0. The molecule has 1 aliphatic carbocycles. The molecule has 0 aromatic carbocycles. The van der Waals surface area contributed by atoms with Crippen LogP contribution in [0.15, 0.2) is 0 Å². The van der Waals surface area contributed by atoms with Crippen molar-refractivity contribution in [3.8, 4) is 0 Å². The summed E-state index contributed by atoms with van der Waals surface area (Å²) in [5.41, 5.74) is -0.561. The Kier molecular flexibility index (Phi) is 4.56. The second-order valence-corrected chi connectivity index (χ2v) is 6.30. The Morgan fingerprint density at radius 1 is 1.56 bits per heavy atom. The molecule has 102 valence electrons. The molecule has 0 saturated heterocycles. The maximum Gasteiger partial charge on any atom is 0.202 e. The van der Waals surface area contributed by atoms with Crippen LogP contribution in [0.5, 0.6) is 0 Å². The van der Waals surface area contributed by atoms with Gasteiger partial charge in [0, 0.05) is 24.5 Å². The van der Waals surface area contributed by atoms with Crippen LogP contribution >= 0.6 is 11.5 Å². The summed E-state index contributed by atoms with van der Waals surface area (Å²) in [5, 5.41) is 14.6. The Labute approximate surface area is 113 Å². The Bertz CT molecular complexity index is 382. The summed E-state index contributed by atoms with van der Waals surface area (Å²) >= 11 is 1.39. The molecular formula is C13H23N3OS. The van der Waals surface area contributed by atoms with E-state index in [1.54, 1.807) is 0 Å². The fraction of sp³-hybridized carbons (Fsp3) is 0.846. The smallest absolute Gasteiger partial charge is 0.202 e. The van der Waals surface area contributed by atoms with E-state index in [4.69, 9.17) is 0 Å². The molecule has 1 heterocycles. The maximum absolute atomic E-state index is 10.5. The third kappa shape index (κ3) is 3.65. The molecule has 1 saturated carbocycles. The normalized spacial score (nSPS) is 28.3. The van der Waals surface area contributed by atoms with E-state index in [-0.39, 0.29) is 0 Å². The zero-order valence-corrected chi connectivity index (χ0v) is 12.1. The lowest BCUT2D eigenvalue weighted by Crippen LogP contribution is -2.41. The van der Waals surface area contributed by atoms with Crippen molar-refractivity contribution >= 4 is 16.7 Å². The molecule has 1 aliphatic rings. The third-order valence-corrected chi connectivity index (χ3v) is 4.29. The van der Waals surface area contributed by atoms with E-state index in [0.29, 0.717) is 12.5 Å². The average Bonchev–Trinajstić information content (AvgIpc) is 2.75. The summed E-state index contributed by atoms with van der Waals surface area (Å²) in [7, 11) is 0. The van der Waals surface area contributed by atoms with E-state index in [2.05, 4.69) is 28.5 Å². The highest BCUT2D eigenvalue weighted by molar-refractivity contribution is 7.09. The van der Waals surface area contributed by atoms with Gasteiger partial charge in [-0.05, 0) is 25.2 Å². The summed E-state index contributed by atoms with van der Waals surface area (Å²) in [6.45, 7) is 4.94. The first kappa shape index (κ1) is 13.7. The van der Waals surface area contributed by atoms with Crippen LogP contribution in [0.3, 0.4) is 0 Å². The Balaban J connectivity index is 1.85. The number of rotatable bonds is 5. The van der Waals surface area contributed by atoms with Crippen molar-refractivity contribution in [2.24, 2.45) is 5.92 Å². The monoisotopic (exact) mass is 269 g/mol. The van der Waals surface area contributed by atoms with Crippen LogP contribution in [0.25, 0.3) is 0 Å². The number of hydrogen-bond donors (Lipinski definition) is 2. The Hall–Kier alpha value is -0.680. The van der Waals surface area contributed by atoms with Crippen molar-refractivity contribution in [1.29, 1.82) is 0 Å². The minimum absolute atomic E-state index is 0.561. The summed E-state index contributed by atoms with van der Waals surface area (Å²) in [4.78, 5) is 4.42. The van der Waals surface area contributed by atoms with Gasteiger partial charge in [0.25, 0.3) is 0 Å². The topological polar surface area (TPSA) is 58.0 Å². The highest BCUT2D eigenvalue weighted by atomic mass is 32.1. The van der Waals surface area contributed by atoms with E-state index in [0.717, 1.165) is 43.1 Å². The zero-order valence-electron chi connectivity index (χ0n) is 11.3. The SMILES string of the molecule is CCCc1nsc(NCC2(O)CCCC(C)C2)n1. The molecule has 2 rings (SSSR count). The molecule has 4 nitrogen and oxygen atoms in total. The molecule has 2 atom stereocenters. The van der Waals surface area contributed by atoms with E-state index in [1.165, 1.54) is 18.0 Å². The number of aryl methyl sites for hydroxylation is 1. The van der Waals surface area contributed by atoms with E-state index < -0.39 is 5.60 Å². The van der Waals surface area contributed by atoms with Crippen LogP contribution in [-0.2, 0) is 6.42 Å². The first-order chi connectivity index (χ1) is 8.61. The van der Waals surface area contributed by atoms with Gasteiger partial charge in [-0.3, -0.25) is 0 Å². The van der Waals surface area contributed by atoms with Gasteiger partial charge in [-0.25, -0.2) is 4.98 Å². The van der Waals surface area contributed by atoms with Gasteiger partial charge in [0.05, 0.1) is 5.60 Å². The molecule has 1 aromatic heterocycles. The number of aromatic nitrogens is 2. The Morgan fingerprint density at radius 2 is 2.39 bits per heavy atom. The van der Waals surface area contributed by atoms with Gasteiger partial charge in [-0.1, -0.05) is 26.7 Å². The van der Waals surface area contributed by atoms with Gasteiger partial charge in [0.2, 0.25) is 5.13 Å². The second kappa shape index (κ2) is 5.97. The Morgan fingerprint density at radius 3 is 3.11 bits per heavy atom. The van der Waals surface area contributed by atoms with Crippen molar-refractivity contribution in [3.63, 3.8) is 0 Å². The van der Waals surface area contributed by atoms with Crippen molar-refractivity contribution in [2.45, 2.75) is 58.0 Å². The number of nitrogens with one attached hydrogen (secondary N) is 1. The maximum atomic E-state index is 10.5. The van der Waals surface area contributed by atoms with Crippen LogP contribution in [0.1, 0.15) is 51.8 Å². The van der Waals surface area contributed by atoms with Crippen LogP contribution in [0.2, 0.25) is 0 Å². The predicted molar refractivity (Wildman–Crippen MR) is 75.0 cm³/mol. The molecule has 2 unspecified atom stereocenters. The quantitative estimate of drug-likeness (QED) is 0.863. The molecule has 18 heavy (non-hydrogen) atoms. The lowest BCUT2D eigenvalue weighted by atomic mass is 9.79. The minimum atomic E-state index is -0.561. The van der Waals surface area contributed by atoms with Crippen molar-refractivity contribution in [1.82, 2.24) is 9.36 Å². The molecule has 0 radical (unpaired) electrons. The third-order valence-electron chi connectivity index (χ3n) is 3.58. The average molecular weight is 269 g/mol. The summed E-state index contributed by atoms with van der Waals surface area (Å²) < 4.78 is 4.29. The summed E-state index contributed by atoms with van der Waals surface area (Å²) in [6, 6.07) is 0. The lowest BCUT2D eigenvalue weighted by Gasteiger charge is -2.35. The number of hydrogen-bond acceptors (Lipinski definition) is 5. The van der Waals surface area contributed by atoms with Gasteiger partial charge in [0.1, 0.15) is 5.82 Å². The van der Waals surface area contributed by atoms with Gasteiger partial charge in [0.15, 0.2) is 0 Å². The van der Waals surface area contributed by atoms with Crippen LogP contribution in [0.4, 0.5) is 5.13 Å². The van der Waals surface area contributed by atoms with E-state index in [1.807, 2.05) is 0 Å². The van der Waals surface area contributed by atoms with Crippen molar-refractivity contribution in [3.05, 3.63) is 5.82 Å². The van der Waals surface area contributed by atoms with Crippen LogP contribution in [-0.4, -0.2) is 26.6 Å². The van der Waals surface area contributed by atoms with Gasteiger partial charge in [-0.15, -0.1) is 0 Å². The number of nitrogens with zero attached hydrogens (tertiary/aromatic N) is 2. The lowest BCUT2D eigenvalue weighted by molar-refractivity contribution is -0.000766. The highest BCUT2D eigenvalue weighted by Gasteiger charge is 2.32. The molecule has 5 heteroatoms. The molecule has 2 N–H and O–H groups in total. The van der Waals surface area contributed by atoms with Crippen molar-refractivity contribution in [2.75, 3.05) is 11.9 Å². The first-order valence-electron chi connectivity index (χ1n) is 6.90. The molecular weight excluding hydrogens is 246 g/mol. The molecule has 0 spiro atoms. The van der Waals surface area contributed by atoms with Crippen LogP contribution < -0.4 is 5.32 Å². The fourth-order valence-electron chi connectivity index (χ4n) is 2.68. The predicted octanol–water partition coefficient (Wildman–Crippen LogP) is 2.84. The van der Waals surface area contributed by atoms with E-state index in [9.17, 15) is 5.11 Å². The summed E-state index contributed by atoms with van der Waals surface area (Å²) in [5.74, 6) is 1.53. The fourth-order valence-corrected chi connectivity index (χ4v) is 3.29. The first-order valence-corrected chi connectivity index (χ1v) is 7.67. The summed E-state index contributed by atoms with van der Waals surface area (Å²) in [6.07, 6.45) is 6.14. The largest absolute Gasteiger partial charge is 0.388 e. The molecule has 1 fully saturated rings. The van der Waals surface area contributed by atoms with Gasteiger partial charge >= 0.3 is 0 Å². The molecule has 0 amide bonds. The van der Waals surface area contributed by atoms with Crippen LogP contribution in [0, 0.1) is 5.92 Å². The number of aliphatic hydroxyl groups is 1. The molecule has 1 aromatic rings. The van der Waals surface area contributed by atoms with Crippen molar-refractivity contribution < 1.29 is 5.11 Å². The standard InChI is InChI=1S/C13H23N3OS/c1-3-5-11-15-12(18-16-11)14-9-13(17)7-4-6-10(2)8-13/h10,17H,3-9H2,1-2H3,(H,14,15,16). The van der Waals surface area contributed by atoms with Gasteiger partial charge in [-0.2, -0.15) is 4.37 Å². The van der Waals surface area contributed by atoms with Gasteiger partial charge < -0.3 is 10.4 Å². The second-order valence-electron chi connectivity index (χ2n) is 5.55. The number of anilines is 1. The molecule has 0 bridgehead atoms. The van der Waals surface area contributed by atoms with E-state index >= 15 is 0 Å². The minimum Gasteiger partial charge on any atom is -0.388 e. The molecule has 0 aliphatic heterocycles. The highest BCUT2D eigenvalue weighted by Crippen LogP contribution is 2.32.